The van der Waals surface area contributed by atoms with E-state index in [2.05, 4.69) is 6.07 Å². The Morgan fingerprint density at radius 3 is 2.95 bits per heavy atom. The Morgan fingerprint density at radius 2 is 2.16 bits per heavy atom. The smallest absolute Gasteiger partial charge is 0.175 e. The topological polar surface area (TPSA) is 26.3 Å². The van der Waals surface area contributed by atoms with Gasteiger partial charge in [0.2, 0.25) is 0 Å². The molecular weight excluding hydrogens is 280 g/mol. The molecule has 0 bridgehead atoms. The normalized spacial score (nSPS) is 18.1. The molecule has 3 rings (SSSR count). The summed E-state index contributed by atoms with van der Waals surface area (Å²) in [5.74, 6) is 0.0959. The standard InChI is InChI=1S/C15H13ClO2S/c16-15-6-5-14(19-15)12(17)9-13-11-4-2-1-3-10(11)7-8-18-13/h1-6,13H,7-9H2. The molecule has 0 fully saturated rings. The van der Waals surface area contributed by atoms with Gasteiger partial charge < -0.3 is 4.74 Å². The average Bonchev–Trinajstić information content (AvgIpc) is 2.86. The molecule has 0 saturated carbocycles. The van der Waals surface area contributed by atoms with Gasteiger partial charge in [-0.2, -0.15) is 0 Å². The first-order valence-corrected chi connectivity index (χ1v) is 7.41. The third-order valence-corrected chi connectivity index (χ3v) is 4.58. The maximum atomic E-state index is 12.2. The van der Waals surface area contributed by atoms with E-state index in [1.54, 1.807) is 12.1 Å². The van der Waals surface area contributed by atoms with Crippen molar-refractivity contribution in [2.45, 2.75) is 18.9 Å². The zero-order valence-electron chi connectivity index (χ0n) is 10.3. The van der Waals surface area contributed by atoms with Crippen LogP contribution in [0.2, 0.25) is 4.34 Å². The van der Waals surface area contributed by atoms with Gasteiger partial charge in [0.1, 0.15) is 0 Å². The van der Waals surface area contributed by atoms with Crippen LogP contribution >= 0.6 is 22.9 Å². The molecule has 2 heterocycles. The summed E-state index contributed by atoms with van der Waals surface area (Å²) in [5, 5.41) is 0. The number of Topliss-reactive ketones (excluding diaryl/α,β-unsaturated/α-hetero) is 1. The third kappa shape index (κ3) is 2.73. The number of ketones is 1. The fourth-order valence-electron chi connectivity index (χ4n) is 2.38. The van der Waals surface area contributed by atoms with Crippen molar-refractivity contribution in [2.75, 3.05) is 6.61 Å². The van der Waals surface area contributed by atoms with Crippen LogP contribution in [0.1, 0.15) is 33.3 Å². The molecule has 0 spiro atoms. The van der Waals surface area contributed by atoms with Crippen molar-refractivity contribution in [3.05, 3.63) is 56.7 Å². The summed E-state index contributed by atoms with van der Waals surface area (Å²) in [7, 11) is 0. The lowest BCUT2D eigenvalue weighted by Crippen LogP contribution is -2.18. The summed E-state index contributed by atoms with van der Waals surface area (Å²) in [5.41, 5.74) is 2.43. The van der Waals surface area contributed by atoms with E-state index in [-0.39, 0.29) is 11.9 Å². The highest BCUT2D eigenvalue weighted by Crippen LogP contribution is 2.32. The SMILES string of the molecule is O=C(CC1OCCc2ccccc21)c1ccc(Cl)s1. The minimum absolute atomic E-state index is 0.0959. The van der Waals surface area contributed by atoms with Gasteiger partial charge in [-0.25, -0.2) is 0 Å². The molecule has 0 aliphatic carbocycles. The van der Waals surface area contributed by atoms with Crippen molar-refractivity contribution >= 4 is 28.7 Å². The number of thiophene rings is 1. The van der Waals surface area contributed by atoms with E-state index >= 15 is 0 Å². The van der Waals surface area contributed by atoms with Crippen molar-refractivity contribution in [1.82, 2.24) is 0 Å². The van der Waals surface area contributed by atoms with Crippen LogP contribution in [-0.4, -0.2) is 12.4 Å². The molecule has 19 heavy (non-hydrogen) atoms. The lowest BCUT2D eigenvalue weighted by Gasteiger charge is -2.25. The Kier molecular flexibility index (Phi) is 3.69. The van der Waals surface area contributed by atoms with Gasteiger partial charge >= 0.3 is 0 Å². The molecule has 0 saturated heterocycles. The molecule has 98 valence electrons. The summed E-state index contributed by atoms with van der Waals surface area (Å²) in [6.45, 7) is 0.681. The molecule has 0 N–H and O–H groups in total. The van der Waals surface area contributed by atoms with Gasteiger partial charge in [-0.05, 0) is 29.7 Å². The second-order valence-electron chi connectivity index (χ2n) is 4.54. The zero-order chi connectivity index (χ0) is 13.2. The van der Waals surface area contributed by atoms with Crippen molar-refractivity contribution < 1.29 is 9.53 Å². The van der Waals surface area contributed by atoms with Gasteiger partial charge in [0.05, 0.1) is 21.9 Å². The highest BCUT2D eigenvalue weighted by Gasteiger charge is 2.24. The molecule has 2 aromatic rings. The van der Waals surface area contributed by atoms with Gasteiger partial charge in [-0.1, -0.05) is 35.9 Å². The van der Waals surface area contributed by atoms with Gasteiger partial charge in [-0.15, -0.1) is 11.3 Å². The second kappa shape index (κ2) is 5.45. The predicted octanol–water partition coefficient (Wildman–Crippen LogP) is 4.29. The maximum absolute atomic E-state index is 12.2. The lowest BCUT2D eigenvalue weighted by atomic mass is 9.94. The summed E-state index contributed by atoms with van der Waals surface area (Å²) in [4.78, 5) is 12.9. The van der Waals surface area contributed by atoms with Gasteiger partial charge in [-0.3, -0.25) is 4.79 Å². The van der Waals surface area contributed by atoms with Gasteiger partial charge in [0.15, 0.2) is 5.78 Å². The van der Waals surface area contributed by atoms with Crippen molar-refractivity contribution in [2.24, 2.45) is 0 Å². The Morgan fingerprint density at radius 1 is 1.32 bits per heavy atom. The Hall–Kier alpha value is -1.16. The molecule has 1 aliphatic rings. The van der Waals surface area contributed by atoms with Crippen LogP contribution in [0, 0.1) is 0 Å². The predicted molar refractivity (Wildman–Crippen MR) is 77.1 cm³/mol. The molecule has 1 atom stereocenters. The van der Waals surface area contributed by atoms with E-state index in [1.165, 1.54) is 16.9 Å². The lowest BCUT2D eigenvalue weighted by molar-refractivity contribution is 0.0353. The number of halogens is 1. The monoisotopic (exact) mass is 292 g/mol. The van der Waals surface area contributed by atoms with Gasteiger partial charge in [0, 0.05) is 6.42 Å². The Balaban J connectivity index is 1.79. The fraction of sp³-hybridized carbons (Fsp3) is 0.267. The van der Waals surface area contributed by atoms with Crippen LogP contribution in [0.5, 0.6) is 0 Å². The average molecular weight is 293 g/mol. The van der Waals surface area contributed by atoms with E-state index in [0.717, 1.165) is 12.0 Å². The Labute approximate surface area is 121 Å². The molecule has 4 heteroatoms. The number of hydrogen-bond donors (Lipinski definition) is 0. The van der Waals surface area contributed by atoms with Crippen molar-refractivity contribution in [1.29, 1.82) is 0 Å². The number of benzene rings is 1. The first-order valence-electron chi connectivity index (χ1n) is 6.22. The maximum Gasteiger partial charge on any atom is 0.175 e. The summed E-state index contributed by atoms with van der Waals surface area (Å²) in [6.07, 6.45) is 1.18. The number of carbonyl (C=O) groups excluding carboxylic acids is 1. The highest BCUT2D eigenvalue weighted by molar-refractivity contribution is 7.18. The molecule has 1 aliphatic heterocycles. The van der Waals surface area contributed by atoms with Crippen molar-refractivity contribution in [3.8, 4) is 0 Å². The van der Waals surface area contributed by atoms with Crippen LogP contribution in [0.3, 0.4) is 0 Å². The van der Waals surface area contributed by atoms with E-state index in [9.17, 15) is 4.79 Å². The minimum Gasteiger partial charge on any atom is -0.373 e. The number of carbonyl (C=O) groups is 1. The van der Waals surface area contributed by atoms with E-state index in [4.69, 9.17) is 16.3 Å². The quantitative estimate of drug-likeness (QED) is 0.789. The van der Waals surface area contributed by atoms with Gasteiger partial charge in [0.25, 0.3) is 0 Å². The summed E-state index contributed by atoms with van der Waals surface area (Å²) in [6, 6.07) is 11.7. The highest BCUT2D eigenvalue weighted by atomic mass is 35.5. The molecule has 0 radical (unpaired) electrons. The largest absolute Gasteiger partial charge is 0.373 e. The van der Waals surface area contributed by atoms with Crippen molar-refractivity contribution in [3.63, 3.8) is 0 Å². The number of rotatable bonds is 3. The Bertz CT molecular complexity index is 606. The third-order valence-electron chi connectivity index (χ3n) is 3.31. The molecule has 0 amide bonds. The summed E-state index contributed by atoms with van der Waals surface area (Å²) < 4.78 is 6.40. The van der Waals surface area contributed by atoms with E-state index in [1.807, 2.05) is 18.2 Å². The zero-order valence-corrected chi connectivity index (χ0v) is 11.8. The number of hydrogen-bond acceptors (Lipinski definition) is 3. The molecule has 1 aromatic heterocycles. The first-order chi connectivity index (χ1) is 9.24. The molecule has 2 nitrogen and oxygen atoms in total. The van der Waals surface area contributed by atoms with Crippen LogP contribution in [0.4, 0.5) is 0 Å². The number of fused-ring (bicyclic) bond motifs is 1. The molecule has 1 aromatic carbocycles. The number of ether oxygens (including phenoxy) is 1. The van der Waals surface area contributed by atoms with Crippen LogP contribution in [0.25, 0.3) is 0 Å². The van der Waals surface area contributed by atoms with Crippen LogP contribution in [-0.2, 0) is 11.2 Å². The van der Waals surface area contributed by atoms with E-state index < -0.39 is 0 Å². The first kappa shape index (κ1) is 12.9. The minimum atomic E-state index is -0.127. The summed E-state index contributed by atoms with van der Waals surface area (Å²) >= 11 is 7.19. The van der Waals surface area contributed by atoms with Crippen LogP contribution < -0.4 is 0 Å². The van der Waals surface area contributed by atoms with Crippen LogP contribution in [0.15, 0.2) is 36.4 Å². The van der Waals surface area contributed by atoms with E-state index in [0.29, 0.717) is 22.2 Å². The second-order valence-corrected chi connectivity index (χ2v) is 6.25. The fourth-order valence-corrected chi connectivity index (χ4v) is 3.37. The molecular formula is C15H13ClO2S. The molecule has 1 unspecified atom stereocenters.